The van der Waals surface area contributed by atoms with E-state index < -0.39 is 17.7 Å². The Balaban J connectivity index is 2.13. The molecule has 1 N–H and O–H groups in total. The van der Waals surface area contributed by atoms with Crippen molar-refractivity contribution >= 4 is 17.4 Å². The summed E-state index contributed by atoms with van der Waals surface area (Å²) in [6, 6.07) is 8.13. The van der Waals surface area contributed by atoms with Crippen LogP contribution in [-0.4, -0.2) is 52.5 Å². The fourth-order valence-electron chi connectivity index (χ4n) is 4.08. The molecule has 1 aliphatic rings. The molecule has 1 saturated heterocycles. The van der Waals surface area contributed by atoms with Crippen LogP contribution in [0, 0.1) is 0 Å². The summed E-state index contributed by atoms with van der Waals surface area (Å²) in [6.45, 7) is 12.9. The molecule has 1 atom stereocenters. The van der Waals surface area contributed by atoms with Crippen molar-refractivity contribution in [2.75, 3.05) is 19.8 Å². The number of aliphatic hydroxyl groups excluding tert-OH is 1. The van der Waals surface area contributed by atoms with E-state index in [0.717, 1.165) is 11.3 Å². The Hall–Kier alpha value is -3.19. The predicted octanol–water partition coefficient (Wildman–Crippen LogP) is 4.62. The Bertz CT molecular complexity index is 1070. The average Bonchev–Trinajstić information content (AvgIpc) is 3.04. The highest BCUT2D eigenvalue weighted by molar-refractivity contribution is 6.46. The third kappa shape index (κ3) is 5.30. The molecule has 0 aliphatic carbocycles. The Labute approximate surface area is 201 Å². The van der Waals surface area contributed by atoms with E-state index in [1.54, 1.807) is 36.7 Å². The summed E-state index contributed by atoms with van der Waals surface area (Å²) >= 11 is 0. The summed E-state index contributed by atoms with van der Waals surface area (Å²) in [5.74, 6) is -0.874. The SMILES string of the molecule is CCOc1ccc(/C(O)=C2/C(=O)C(=O)N(CCOC(C)C)C2c2cccnc2)cc1C(C)(C)C. The minimum atomic E-state index is -0.755. The molecule has 7 heteroatoms. The first-order chi connectivity index (χ1) is 16.1. The van der Waals surface area contributed by atoms with Crippen LogP contribution in [0.2, 0.25) is 0 Å². The van der Waals surface area contributed by atoms with Gasteiger partial charge in [0.1, 0.15) is 11.5 Å². The summed E-state index contributed by atoms with van der Waals surface area (Å²) in [5.41, 5.74) is 1.79. The molecule has 1 aromatic carbocycles. The van der Waals surface area contributed by atoms with E-state index in [-0.39, 0.29) is 36.0 Å². The minimum absolute atomic E-state index is 0.00617. The van der Waals surface area contributed by atoms with Crippen LogP contribution in [-0.2, 0) is 19.7 Å². The summed E-state index contributed by atoms with van der Waals surface area (Å²) in [6.07, 6.45) is 3.23. The number of carbonyl (C=O) groups is 2. The van der Waals surface area contributed by atoms with Gasteiger partial charge in [0.25, 0.3) is 11.7 Å². The summed E-state index contributed by atoms with van der Waals surface area (Å²) in [4.78, 5) is 31.8. The number of Topliss-reactive ketones (excluding diaryl/α,β-unsaturated/α-hetero) is 1. The number of aliphatic hydroxyl groups is 1. The quantitative estimate of drug-likeness (QED) is 0.347. The maximum absolute atomic E-state index is 13.2. The van der Waals surface area contributed by atoms with Crippen LogP contribution in [0.3, 0.4) is 0 Å². The van der Waals surface area contributed by atoms with Crippen molar-refractivity contribution in [3.05, 3.63) is 65.0 Å². The van der Waals surface area contributed by atoms with Gasteiger partial charge in [-0.05, 0) is 56.0 Å². The number of benzene rings is 1. The van der Waals surface area contributed by atoms with Gasteiger partial charge in [0.15, 0.2) is 0 Å². The number of ketones is 1. The molecule has 182 valence electrons. The van der Waals surface area contributed by atoms with Gasteiger partial charge in [-0.3, -0.25) is 14.6 Å². The van der Waals surface area contributed by atoms with E-state index in [4.69, 9.17) is 9.47 Å². The zero-order chi connectivity index (χ0) is 25.0. The highest BCUT2D eigenvalue weighted by Crippen LogP contribution is 2.40. The second kappa shape index (κ2) is 10.4. The normalized spacial score (nSPS) is 18.1. The number of hydrogen-bond acceptors (Lipinski definition) is 6. The Morgan fingerprint density at radius 1 is 1.21 bits per heavy atom. The first-order valence-electron chi connectivity index (χ1n) is 11.6. The molecule has 7 nitrogen and oxygen atoms in total. The van der Waals surface area contributed by atoms with Gasteiger partial charge in [0.2, 0.25) is 0 Å². The van der Waals surface area contributed by atoms with Gasteiger partial charge in [-0.1, -0.05) is 26.8 Å². The van der Waals surface area contributed by atoms with Crippen LogP contribution in [0.5, 0.6) is 5.75 Å². The summed E-state index contributed by atoms with van der Waals surface area (Å²) in [7, 11) is 0. The van der Waals surface area contributed by atoms with Gasteiger partial charge in [-0.25, -0.2) is 0 Å². The number of rotatable bonds is 8. The monoisotopic (exact) mass is 466 g/mol. The zero-order valence-corrected chi connectivity index (χ0v) is 20.8. The third-order valence-corrected chi connectivity index (χ3v) is 5.68. The summed E-state index contributed by atoms with van der Waals surface area (Å²) < 4.78 is 11.4. The molecule has 2 aromatic rings. The van der Waals surface area contributed by atoms with Crippen molar-refractivity contribution in [1.29, 1.82) is 0 Å². The molecular weight excluding hydrogens is 432 g/mol. The van der Waals surface area contributed by atoms with Gasteiger partial charge in [-0.2, -0.15) is 0 Å². The number of ether oxygens (including phenoxy) is 2. The van der Waals surface area contributed by atoms with Crippen LogP contribution < -0.4 is 4.74 Å². The summed E-state index contributed by atoms with van der Waals surface area (Å²) in [5, 5.41) is 11.4. The minimum Gasteiger partial charge on any atom is -0.507 e. The van der Waals surface area contributed by atoms with Crippen molar-refractivity contribution in [3.63, 3.8) is 0 Å². The molecule has 0 bridgehead atoms. The molecule has 3 rings (SSSR count). The number of likely N-dealkylation sites (tertiary alicyclic amines) is 1. The van der Waals surface area contributed by atoms with Crippen LogP contribution in [0.4, 0.5) is 0 Å². The predicted molar refractivity (Wildman–Crippen MR) is 131 cm³/mol. The number of amides is 1. The average molecular weight is 467 g/mol. The van der Waals surface area contributed by atoms with Gasteiger partial charge in [-0.15, -0.1) is 0 Å². The second-order valence-electron chi connectivity index (χ2n) is 9.59. The molecule has 1 unspecified atom stereocenters. The Kier molecular flexibility index (Phi) is 7.77. The van der Waals surface area contributed by atoms with Gasteiger partial charge < -0.3 is 19.5 Å². The smallest absolute Gasteiger partial charge is 0.295 e. The number of nitrogens with zero attached hydrogens (tertiary/aromatic N) is 2. The Morgan fingerprint density at radius 3 is 2.53 bits per heavy atom. The van der Waals surface area contributed by atoms with Gasteiger partial charge in [0, 0.05) is 30.1 Å². The molecule has 34 heavy (non-hydrogen) atoms. The topological polar surface area (TPSA) is 89.0 Å². The van der Waals surface area contributed by atoms with Crippen molar-refractivity contribution in [3.8, 4) is 5.75 Å². The lowest BCUT2D eigenvalue weighted by atomic mass is 9.84. The van der Waals surface area contributed by atoms with E-state index in [0.29, 0.717) is 17.7 Å². The lowest BCUT2D eigenvalue weighted by Gasteiger charge is -2.26. The second-order valence-corrected chi connectivity index (χ2v) is 9.59. The number of pyridine rings is 1. The number of carbonyl (C=O) groups excluding carboxylic acids is 2. The van der Waals surface area contributed by atoms with Crippen LogP contribution in [0.25, 0.3) is 5.76 Å². The molecular formula is C27H34N2O5. The molecule has 2 heterocycles. The fraction of sp³-hybridized carbons (Fsp3) is 0.444. The van der Waals surface area contributed by atoms with Gasteiger partial charge >= 0.3 is 0 Å². The molecule has 0 saturated carbocycles. The molecule has 1 aromatic heterocycles. The molecule has 1 amide bonds. The van der Waals surface area contributed by atoms with Crippen LogP contribution in [0.1, 0.15) is 64.3 Å². The molecule has 1 fully saturated rings. The first kappa shape index (κ1) is 25.4. The van der Waals surface area contributed by atoms with Crippen molar-refractivity contribution in [2.24, 2.45) is 0 Å². The van der Waals surface area contributed by atoms with Crippen LogP contribution >= 0.6 is 0 Å². The lowest BCUT2D eigenvalue weighted by molar-refractivity contribution is -0.140. The van der Waals surface area contributed by atoms with E-state index in [1.165, 1.54) is 4.90 Å². The van der Waals surface area contributed by atoms with Crippen molar-refractivity contribution < 1.29 is 24.2 Å². The highest BCUT2D eigenvalue weighted by atomic mass is 16.5. The maximum Gasteiger partial charge on any atom is 0.295 e. The number of hydrogen-bond donors (Lipinski definition) is 1. The first-order valence-corrected chi connectivity index (χ1v) is 11.6. The van der Waals surface area contributed by atoms with E-state index >= 15 is 0 Å². The molecule has 1 aliphatic heterocycles. The van der Waals surface area contributed by atoms with Crippen molar-refractivity contribution in [1.82, 2.24) is 9.88 Å². The van der Waals surface area contributed by atoms with E-state index in [9.17, 15) is 14.7 Å². The van der Waals surface area contributed by atoms with Gasteiger partial charge in [0.05, 0.1) is 30.9 Å². The maximum atomic E-state index is 13.2. The standard InChI is InChI=1S/C27H34N2O5/c1-7-33-21-11-10-18(15-20(21)27(4,5)6)24(30)22-23(19-9-8-12-28-16-19)29(26(32)25(22)31)13-14-34-17(2)3/h8-12,15-17,23,30H,7,13-14H2,1-6H3/b24-22-. The highest BCUT2D eigenvalue weighted by Gasteiger charge is 2.46. The van der Waals surface area contributed by atoms with Crippen molar-refractivity contribution in [2.45, 2.75) is 59.1 Å². The third-order valence-electron chi connectivity index (χ3n) is 5.68. The van der Waals surface area contributed by atoms with Crippen LogP contribution in [0.15, 0.2) is 48.3 Å². The lowest BCUT2D eigenvalue weighted by Crippen LogP contribution is -2.33. The molecule has 0 spiro atoms. The molecule has 0 radical (unpaired) electrons. The largest absolute Gasteiger partial charge is 0.507 e. The fourth-order valence-corrected chi connectivity index (χ4v) is 4.08. The van der Waals surface area contributed by atoms with E-state index in [1.807, 2.05) is 26.8 Å². The van der Waals surface area contributed by atoms with E-state index in [2.05, 4.69) is 25.8 Å². The zero-order valence-electron chi connectivity index (χ0n) is 20.8. The Morgan fingerprint density at radius 2 is 1.94 bits per heavy atom. The number of aromatic nitrogens is 1.